The number of carbonyl (C=O) groups is 1. The monoisotopic (exact) mass is 319 g/mol. The summed E-state index contributed by atoms with van der Waals surface area (Å²) >= 11 is 0. The Labute approximate surface area is 123 Å². The maximum atomic E-state index is 13.3. The van der Waals surface area contributed by atoms with Gasteiger partial charge in [-0.3, -0.25) is 0 Å². The van der Waals surface area contributed by atoms with Crippen molar-refractivity contribution in [2.45, 2.75) is 24.8 Å². The third-order valence-electron chi connectivity index (χ3n) is 2.48. The van der Waals surface area contributed by atoms with Crippen molar-refractivity contribution in [2.24, 2.45) is 0 Å². The Bertz CT molecular complexity index is 601. The summed E-state index contributed by atoms with van der Waals surface area (Å²) in [5, 5.41) is 0. The SMILES string of the molecule is COC(=O)c1ccc(F)cc1S(=O)(=O)NCCOC(C)C. The highest BCUT2D eigenvalue weighted by molar-refractivity contribution is 7.89. The van der Waals surface area contributed by atoms with Crippen LogP contribution in [0.25, 0.3) is 0 Å². The number of hydrogen-bond acceptors (Lipinski definition) is 5. The Morgan fingerprint density at radius 2 is 2.05 bits per heavy atom. The van der Waals surface area contributed by atoms with Crippen molar-refractivity contribution in [3.63, 3.8) is 0 Å². The van der Waals surface area contributed by atoms with Gasteiger partial charge in [0.25, 0.3) is 0 Å². The van der Waals surface area contributed by atoms with Gasteiger partial charge in [-0.15, -0.1) is 0 Å². The van der Waals surface area contributed by atoms with Crippen molar-refractivity contribution in [1.29, 1.82) is 0 Å². The molecule has 0 spiro atoms. The average Bonchev–Trinajstić information content (AvgIpc) is 2.42. The number of sulfonamides is 1. The van der Waals surface area contributed by atoms with Gasteiger partial charge in [0.2, 0.25) is 10.0 Å². The average molecular weight is 319 g/mol. The normalized spacial score (nSPS) is 11.7. The molecule has 0 bridgehead atoms. The number of esters is 1. The standard InChI is InChI=1S/C13H18FNO5S/c1-9(2)20-7-6-15-21(17,18)12-8-10(14)4-5-11(12)13(16)19-3/h4-5,8-9,15H,6-7H2,1-3H3. The first-order valence-corrected chi connectivity index (χ1v) is 7.75. The summed E-state index contributed by atoms with van der Waals surface area (Å²) in [5.74, 6) is -1.62. The number of methoxy groups -OCH3 is 1. The van der Waals surface area contributed by atoms with Crippen molar-refractivity contribution in [1.82, 2.24) is 4.72 Å². The van der Waals surface area contributed by atoms with Crippen LogP contribution < -0.4 is 4.72 Å². The molecule has 118 valence electrons. The van der Waals surface area contributed by atoms with E-state index >= 15 is 0 Å². The first kappa shape index (κ1) is 17.5. The van der Waals surface area contributed by atoms with E-state index in [1.807, 2.05) is 13.8 Å². The number of halogens is 1. The van der Waals surface area contributed by atoms with E-state index in [1.54, 1.807) is 0 Å². The number of benzene rings is 1. The second kappa shape index (κ2) is 7.48. The molecule has 0 fully saturated rings. The zero-order valence-corrected chi connectivity index (χ0v) is 12.9. The van der Waals surface area contributed by atoms with E-state index in [0.29, 0.717) is 0 Å². The number of rotatable bonds is 7. The Morgan fingerprint density at radius 3 is 2.62 bits per heavy atom. The molecular formula is C13H18FNO5S. The number of carbonyl (C=O) groups excluding carboxylic acids is 1. The molecule has 1 rings (SSSR count). The predicted octanol–water partition coefficient (Wildman–Crippen LogP) is 1.32. The summed E-state index contributed by atoms with van der Waals surface area (Å²) in [7, 11) is -2.92. The molecule has 0 radical (unpaired) electrons. The highest BCUT2D eigenvalue weighted by atomic mass is 32.2. The van der Waals surface area contributed by atoms with Gasteiger partial charge < -0.3 is 9.47 Å². The van der Waals surface area contributed by atoms with Crippen LogP contribution in [0.15, 0.2) is 23.1 Å². The van der Waals surface area contributed by atoms with Crippen LogP contribution in [0.3, 0.4) is 0 Å². The number of ether oxygens (including phenoxy) is 2. The van der Waals surface area contributed by atoms with Crippen molar-refractivity contribution in [2.75, 3.05) is 20.3 Å². The van der Waals surface area contributed by atoms with E-state index < -0.39 is 26.7 Å². The number of hydrogen-bond donors (Lipinski definition) is 1. The van der Waals surface area contributed by atoms with E-state index in [4.69, 9.17) is 4.74 Å². The van der Waals surface area contributed by atoms with Gasteiger partial charge in [0.05, 0.1) is 30.3 Å². The van der Waals surface area contributed by atoms with Crippen LogP contribution >= 0.6 is 0 Å². The van der Waals surface area contributed by atoms with Crippen molar-refractivity contribution < 1.29 is 27.1 Å². The molecule has 0 unspecified atom stereocenters. The van der Waals surface area contributed by atoms with Crippen LogP contribution in [-0.4, -0.2) is 40.8 Å². The van der Waals surface area contributed by atoms with Crippen LogP contribution in [0.2, 0.25) is 0 Å². The molecule has 0 heterocycles. The molecule has 1 N–H and O–H groups in total. The molecular weight excluding hydrogens is 301 g/mol. The van der Waals surface area contributed by atoms with E-state index in [1.165, 1.54) is 0 Å². The highest BCUT2D eigenvalue weighted by Gasteiger charge is 2.23. The molecule has 0 aliphatic rings. The molecule has 0 atom stereocenters. The summed E-state index contributed by atoms with van der Waals surface area (Å²) in [4.78, 5) is 11.1. The van der Waals surface area contributed by atoms with Gasteiger partial charge in [0.15, 0.2) is 0 Å². The van der Waals surface area contributed by atoms with Crippen LogP contribution in [0.5, 0.6) is 0 Å². The van der Waals surface area contributed by atoms with Gasteiger partial charge >= 0.3 is 5.97 Å². The van der Waals surface area contributed by atoms with Crippen molar-refractivity contribution >= 4 is 16.0 Å². The van der Waals surface area contributed by atoms with Gasteiger partial charge in [0.1, 0.15) is 5.82 Å². The highest BCUT2D eigenvalue weighted by Crippen LogP contribution is 2.18. The minimum absolute atomic E-state index is 0.0115. The lowest BCUT2D eigenvalue weighted by Gasteiger charge is -2.11. The lowest BCUT2D eigenvalue weighted by molar-refractivity contribution is 0.0596. The Balaban J connectivity index is 2.96. The molecule has 0 amide bonds. The quantitative estimate of drug-likeness (QED) is 0.605. The number of nitrogens with one attached hydrogen (secondary N) is 1. The van der Waals surface area contributed by atoms with Gasteiger partial charge in [0, 0.05) is 6.54 Å². The lowest BCUT2D eigenvalue weighted by atomic mass is 10.2. The van der Waals surface area contributed by atoms with E-state index in [0.717, 1.165) is 25.3 Å². The molecule has 0 saturated heterocycles. The molecule has 0 saturated carbocycles. The van der Waals surface area contributed by atoms with Crippen molar-refractivity contribution in [3.8, 4) is 0 Å². The maximum absolute atomic E-state index is 13.3. The molecule has 0 aliphatic heterocycles. The summed E-state index contributed by atoms with van der Waals surface area (Å²) < 4.78 is 49.5. The Kier molecular flexibility index (Phi) is 6.25. The van der Waals surface area contributed by atoms with Gasteiger partial charge in [-0.05, 0) is 32.0 Å². The van der Waals surface area contributed by atoms with Crippen LogP contribution in [0.4, 0.5) is 4.39 Å². The molecule has 21 heavy (non-hydrogen) atoms. The van der Waals surface area contributed by atoms with Crippen LogP contribution in [0, 0.1) is 5.82 Å². The lowest BCUT2D eigenvalue weighted by Crippen LogP contribution is -2.29. The zero-order chi connectivity index (χ0) is 16.0. The fraction of sp³-hybridized carbons (Fsp3) is 0.462. The van der Waals surface area contributed by atoms with E-state index in [-0.39, 0.29) is 24.8 Å². The minimum atomic E-state index is -4.04. The summed E-state index contributed by atoms with van der Waals surface area (Å²) in [6.45, 7) is 3.81. The summed E-state index contributed by atoms with van der Waals surface area (Å²) in [6, 6.07) is 2.84. The third kappa shape index (κ3) is 5.07. The van der Waals surface area contributed by atoms with Crippen LogP contribution in [-0.2, 0) is 19.5 Å². The molecule has 1 aromatic carbocycles. The van der Waals surface area contributed by atoms with E-state index in [2.05, 4.69) is 9.46 Å². The Hall–Kier alpha value is -1.51. The first-order valence-electron chi connectivity index (χ1n) is 6.27. The fourth-order valence-electron chi connectivity index (χ4n) is 1.55. The smallest absolute Gasteiger partial charge is 0.339 e. The fourth-order valence-corrected chi connectivity index (χ4v) is 2.76. The minimum Gasteiger partial charge on any atom is -0.465 e. The largest absolute Gasteiger partial charge is 0.465 e. The third-order valence-corrected chi connectivity index (χ3v) is 3.98. The topological polar surface area (TPSA) is 81.7 Å². The second-order valence-electron chi connectivity index (χ2n) is 4.45. The second-order valence-corrected chi connectivity index (χ2v) is 6.18. The molecule has 6 nitrogen and oxygen atoms in total. The van der Waals surface area contributed by atoms with Crippen LogP contribution in [0.1, 0.15) is 24.2 Å². The Morgan fingerprint density at radius 1 is 1.38 bits per heavy atom. The zero-order valence-electron chi connectivity index (χ0n) is 12.1. The van der Waals surface area contributed by atoms with Gasteiger partial charge in [-0.25, -0.2) is 22.3 Å². The summed E-state index contributed by atoms with van der Waals surface area (Å²) in [5.41, 5.74) is -0.226. The van der Waals surface area contributed by atoms with Gasteiger partial charge in [-0.2, -0.15) is 0 Å². The maximum Gasteiger partial charge on any atom is 0.339 e. The predicted molar refractivity (Wildman–Crippen MR) is 74.0 cm³/mol. The molecule has 1 aromatic rings. The first-order chi connectivity index (χ1) is 9.77. The van der Waals surface area contributed by atoms with Gasteiger partial charge in [-0.1, -0.05) is 0 Å². The molecule has 0 aliphatic carbocycles. The van der Waals surface area contributed by atoms with Crippen molar-refractivity contribution in [3.05, 3.63) is 29.6 Å². The molecule has 8 heteroatoms. The molecule has 0 aromatic heterocycles. The van der Waals surface area contributed by atoms with E-state index in [9.17, 15) is 17.6 Å². The summed E-state index contributed by atoms with van der Waals surface area (Å²) in [6.07, 6.45) is -0.0331.